The van der Waals surface area contributed by atoms with Crippen LogP contribution in [0.1, 0.15) is 0 Å². The van der Waals surface area contributed by atoms with Crippen molar-refractivity contribution >= 4 is 32.1 Å². The van der Waals surface area contributed by atoms with Gasteiger partial charge in [0.25, 0.3) is 0 Å². The Hall–Kier alpha value is -2.06. The van der Waals surface area contributed by atoms with Crippen molar-refractivity contribution in [2.75, 3.05) is 11.5 Å². The highest BCUT2D eigenvalue weighted by molar-refractivity contribution is 7.45. The maximum atomic E-state index is 9.65. The highest BCUT2D eigenvalue weighted by atomic mass is 31.1. The quantitative estimate of drug-likeness (QED) is 0.342. The molecule has 18 heavy (non-hydrogen) atoms. The van der Waals surface area contributed by atoms with Gasteiger partial charge in [0.1, 0.15) is 5.75 Å². The largest absolute Gasteiger partial charge is 0.506 e. The molecule has 2 rings (SSSR count). The molecule has 0 saturated carbocycles. The molecule has 4 nitrogen and oxygen atoms in total. The Kier molecular flexibility index (Phi) is 3.49. The van der Waals surface area contributed by atoms with E-state index in [-0.39, 0.29) is 11.4 Å². The zero-order valence-corrected chi connectivity index (χ0v) is 10.7. The van der Waals surface area contributed by atoms with Gasteiger partial charge in [-0.25, -0.2) is 0 Å². The minimum absolute atomic E-state index is 0.00343. The average Bonchev–Trinajstić information content (AvgIpc) is 2.37. The predicted octanol–water partition coefficient (Wildman–Crippen LogP) is 2.14. The molecule has 0 radical (unpaired) electrons. The van der Waals surface area contributed by atoms with Gasteiger partial charge in [0, 0.05) is 8.73 Å². The van der Waals surface area contributed by atoms with Crippen LogP contribution < -0.4 is 16.8 Å². The highest BCUT2D eigenvalue weighted by Crippen LogP contribution is 2.33. The molecule has 5 N–H and O–H groups in total. The van der Waals surface area contributed by atoms with E-state index in [0.29, 0.717) is 14.4 Å². The number of benzene rings is 2. The molecule has 0 amide bonds. The van der Waals surface area contributed by atoms with Crippen LogP contribution in [0.3, 0.4) is 0 Å². The second-order valence-electron chi connectivity index (χ2n) is 3.85. The van der Waals surface area contributed by atoms with E-state index in [1.165, 1.54) is 0 Å². The van der Waals surface area contributed by atoms with E-state index >= 15 is 0 Å². The Morgan fingerprint density at radius 2 is 1.72 bits per heavy atom. The molecule has 5 heteroatoms. The Morgan fingerprint density at radius 1 is 1.06 bits per heavy atom. The van der Waals surface area contributed by atoms with Crippen molar-refractivity contribution in [3.05, 3.63) is 36.4 Å². The standard InChI is InChI=1S/C13H14N3OP/c1-16-18-10-4-2-8(3-5-10)9-6-11(14)13(15)12(17)7-9/h2-7,17-18H,1,14-15H2. The molecule has 0 spiro atoms. The molecule has 92 valence electrons. The molecule has 2 aromatic rings. The lowest BCUT2D eigenvalue weighted by molar-refractivity contribution is 0.478. The van der Waals surface area contributed by atoms with Crippen LogP contribution in [0.2, 0.25) is 0 Å². The summed E-state index contributed by atoms with van der Waals surface area (Å²) in [5.74, 6) is 0.00343. The van der Waals surface area contributed by atoms with Gasteiger partial charge in [-0.15, -0.1) is 0 Å². The first kappa shape index (κ1) is 12.4. The first-order chi connectivity index (χ1) is 8.61. The minimum atomic E-state index is 0.00343. The molecule has 0 fully saturated rings. The number of phenolic OH excluding ortho intramolecular Hbond substituents is 1. The van der Waals surface area contributed by atoms with Gasteiger partial charge in [-0.05, 0) is 35.3 Å². The van der Waals surface area contributed by atoms with Crippen molar-refractivity contribution in [3.8, 4) is 16.9 Å². The van der Waals surface area contributed by atoms with E-state index in [1.807, 2.05) is 24.3 Å². The van der Waals surface area contributed by atoms with Crippen LogP contribution in [-0.4, -0.2) is 11.8 Å². The first-order valence-corrected chi connectivity index (χ1v) is 6.26. The van der Waals surface area contributed by atoms with E-state index in [2.05, 4.69) is 11.5 Å². The van der Waals surface area contributed by atoms with Crippen molar-refractivity contribution < 1.29 is 5.11 Å². The van der Waals surface area contributed by atoms with Gasteiger partial charge in [0.05, 0.1) is 11.4 Å². The molecule has 0 aliphatic carbocycles. The van der Waals surface area contributed by atoms with Crippen molar-refractivity contribution in [1.29, 1.82) is 0 Å². The molecule has 1 unspecified atom stereocenters. The smallest absolute Gasteiger partial charge is 0.141 e. The molecule has 1 atom stereocenters. The van der Waals surface area contributed by atoms with E-state index in [1.54, 1.807) is 12.1 Å². The van der Waals surface area contributed by atoms with Crippen LogP contribution in [-0.2, 0) is 0 Å². The van der Waals surface area contributed by atoms with Gasteiger partial charge >= 0.3 is 0 Å². The Labute approximate surface area is 107 Å². The fourth-order valence-electron chi connectivity index (χ4n) is 1.66. The third kappa shape index (κ3) is 2.44. The van der Waals surface area contributed by atoms with Crippen molar-refractivity contribution in [3.63, 3.8) is 0 Å². The lowest BCUT2D eigenvalue weighted by Gasteiger charge is -2.08. The number of nitrogens with two attached hydrogens (primary N) is 2. The predicted molar refractivity (Wildman–Crippen MR) is 79.9 cm³/mol. The fraction of sp³-hybridized carbons (Fsp3) is 0. The Balaban J connectivity index is 2.39. The summed E-state index contributed by atoms with van der Waals surface area (Å²) in [5.41, 5.74) is 13.7. The van der Waals surface area contributed by atoms with Gasteiger partial charge in [0.15, 0.2) is 0 Å². The molecular formula is C13H14N3OP. The molecule has 0 heterocycles. The third-order valence-corrected chi connectivity index (χ3v) is 3.37. The number of rotatable bonds is 3. The maximum absolute atomic E-state index is 9.65. The molecular weight excluding hydrogens is 245 g/mol. The third-order valence-electron chi connectivity index (χ3n) is 2.62. The summed E-state index contributed by atoms with van der Waals surface area (Å²) in [7, 11) is 0.354. The first-order valence-electron chi connectivity index (χ1n) is 5.32. The lowest BCUT2D eigenvalue weighted by Crippen LogP contribution is -1.96. The zero-order chi connectivity index (χ0) is 13.1. The normalized spacial score (nSPS) is 10.9. The topological polar surface area (TPSA) is 84.6 Å². The van der Waals surface area contributed by atoms with Crippen LogP contribution >= 0.6 is 8.73 Å². The summed E-state index contributed by atoms with van der Waals surface area (Å²) in [6, 6.07) is 11.2. The number of nitrogens with zero attached hydrogens (tertiary/aromatic N) is 1. The number of hydrogen-bond acceptors (Lipinski definition) is 4. The number of hydrogen-bond donors (Lipinski definition) is 3. The second kappa shape index (κ2) is 5.07. The minimum Gasteiger partial charge on any atom is -0.506 e. The second-order valence-corrected chi connectivity index (χ2v) is 4.96. The number of nitrogen functional groups attached to an aromatic ring is 2. The summed E-state index contributed by atoms with van der Waals surface area (Å²) >= 11 is 0. The van der Waals surface area contributed by atoms with Crippen LogP contribution in [0.15, 0.2) is 41.2 Å². The van der Waals surface area contributed by atoms with Crippen molar-refractivity contribution in [2.45, 2.75) is 0 Å². The summed E-state index contributed by atoms with van der Waals surface area (Å²) in [5, 5.41) is 10.8. The number of phenols is 1. The van der Waals surface area contributed by atoms with Gasteiger partial charge in [-0.3, -0.25) is 4.76 Å². The van der Waals surface area contributed by atoms with Crippen LogP contribution in [0.4, 0.5) is 11.4 Å². The number of aromatic hydroxyl groups is 1. The highest BCUT2D eigenvalue weighted by Gasteiger charge is 2.06. The average molecular weight is 259 g/mol. The fourth-order valence-corrected chi connectivity index (χ4v) is 2.15. The van der Waals surface area contributed by atoms with Gasteiger partial charge in [0.2, 0.25) is 0 Å². The van der Waals surface area contributed by atoms with E-state index < -0.39 is 0 Å². The van der Waals surface area contributed by atoms with Crippen molar-refractivity contribution in [1.82, 2.24) is 0 Å². The molecule has 0 bridgehead atoms. The Bertz CT molecular complexity index is 558. The molecule has 0 saturated heterocycles. The van der Waals surface area contributed by atoms with Crippen LogP contribution in [0, 0.1) is 0 Å². The van der Waals surface area contributed by atoms with Crippen molar-refractivity contribution in [2.24, 2.45) is 4.76 Å². The zero-order valence-electron chi connectivity index (χ0n) is 9.72. The number of anilines is 2. The molecule has 0 aromatic heterocycles. The molecule has 2 aromatic carbocycles. The van der Waals surface area contributed by atoms with Gasteiger partial charge in [-0.1, -0.05) is 24.3 Å². The summed E-state index contributed by atoms with van der Waals surface area (Å²) in [6.07, 6.45) is 0. The van der Waals surface area contributed by atoms with Crippen LogP contribution in [0.25, 0.3) is 11.1 Å². The summed E-state index contributed by atoms with van der Waals surface area (Å²) in [6.45, 7) is 3.47. The SMILES string of the molecule is C=NPc1ccc(-c2cc(N)c(N)c(O)c2)cc1. The lowest BCUT2D eigenvalue weighted by atomic mass is 10.0. The van der Waals surface area contributed by atoms with Gasteiger partial charge in [-0.2, -0.15) is 0 Å². The Morgan fingerprint density at radius 3 is 2.28 bits per heavy atom. The van der Waals surface area contributed by atoms with E-state index in [0.717, 1.165) is 16.4 Å². The van der Waals surface area contributed by atoms with E-state index in [4.69, 9.17) is 11.5 Å². The van der Waals surface area contributed by atoms with Crippen LogP contribution in [0.5, 0.6) is 5.75 Å². The summed E-state index contributed by atoms with van der Waals surface area (Å²) < 4.78 is 3.85. The maximum Gasteiger partial charge on any atom is 0.141 e. The van der Waals surface area contributed by atoms with Gasteiger partial charge < -0.3 is 16.6 Å². The molecule has 0 aliphatic heterocycles. The monoisotopic (exact) mass is 259 g/mol. The molecule has 0 aliphatic rings. The van der Waals surface area contributed by atoms with E-state index in [9.17, 15) is 5.11 Å². The summed E-state index contributed by atoms with van der Waals surface area (Å²) in [4.78, 5) is 0.